The topological polar surface area (TPSA) is 29.4 Å². The quantitative estimate of drug-likeness (QED) is 0.570. The summed E-state index contributed by atoms with van der Waals surface area (Å²) in [6, 6.07) is 8.88. The Bertz CT molecular complexity index is 504. The fourth-order valence-corrected chi connectivity index (χ4v) is 4.03. The van der Waals surface area contributed by atoms with Gasteiger partial charge in [0.2, 0.25) is 6.08 Å². The van der Waals surface area contributed by atoms with Crippen LogP contribution in [-0.4, -0.2) is 6.08 Å². The minimum absolute atomic E-state index is 0.271. The molecule has 0 aliphatic heterocycles. The lowest BCUT2D eigenvalue weighted by molar-refractivity contribution is 0.437. The molecule has 0 N–H and O–H groups in total. The number of isocyanates is 1. The van der Waals surface area contributed by atoms with Crippen molar-refractivity contribution in [3.63, 3.8) is 0 Å². The largest absolute Gasteiger partial charge is 0.235 e. The van der Waals surface area contributed by atoms with Gasteiger partial charge in [0.15, 0.2) is 0 Å². The Balaban J connectivity index is 1.91. The molecule has 1 aromatic carbocycles. The van der Waals surface area contributed by atoms with Gasteiger partial charge in [-0.25, -0.2) is 4.79 Å². The van der Waals surface area contributed by atoms with E-state index in [4.69, 9.17) is 0 Å². The molecule has 0 heterocycles. The Morgan fingerprint density at radius 3 is 2.50 bits per heavy atom. The molecule has 0 aromatic heterocycles. The van der Waals surface area contributed by atoms with Crippen molar-refractivity contribution in [3.8, 4) is 0 Å². The molecule has 2 fully saturated rings. The number of rotatable bonds is 3. The Morgan fingerprint density at radius 2 is 1.80 bits per heavy atom. The van der Waals surface area contributed by atoms with Gasteiger partial charge in [0.25, 0.3) is 0 Å². The van der Waals surface area contributed by atoms with Crippen LogP contribution in [0, 0.1) is 0 Å². The van der Waals surface area contributed by atoms with Gasteiger partial charge in [-0.2, -0.15) is 4.99 Å². The zero-order valence-electron chi connectivity index (χ0n) is 12.1. The van der Waals surface area contributed by atoms with E-state index in [0.717, 1.165) is 12.8 Å². The summed E-state index contributed by atoms with van der Waals surface area (Å²) < 4.78 is 0. The van der Waals surface area contributed by atoms with Gasteiger partial charge in [-0.05, 0) is 42.7 Å². The molecule has 2 aliphatic carbocycles. The summed E-state index contributed by atoms with van der Waals surface area (Å²) in [5.41, 5.74) is 2.42. The summed E-state index contributed by atoms with van der Waals surface area (Å²) in [4.78, 5) is 15.0. The van der Waals surface area contributed by atoms with Crippen molar-refractivity contribution in [3.05, 3.63) is 35.4 Å². The maximum absolute atomic E-state index is 10.8. The number of hydrogen-bond donors (Lipinski definition) is 0. The standard InChI is InChI=1S/C18H23NO/c20-14-19-18(11-4-5-12-18)17-10-6-9-16(13-17)15-7-2-1-3-8-15/h6,9-10,13,15H,1-5,7-8,11-12H2. The summed E-state index contributed by atoms with van der Waals surface area (Å²) in [6.07, 6.45) is 12.9. The molecule has 2 heteroatoms. The Morgan fingerprint density at radius 1 is 1.05 bits per heavy atom. The van der Waals surface area contributed by atoms with E-state index in [1.165, 1.54) is 56.1 Å². The number of nitrogens with zero attached hydrogens (tertiary/aromatic N) is 1. The molecule has 2 saturated carbocycles. The molecule has 0 bridgehead atoms. The average molecular weight is 269 g/mol. The summed E-state index contributed by atoms with van der Waals surface area (Å²) in [6.45, 7) is 0. The van der Waals surface area contributed by atoms with Crippen molar-refractivity contribution in [2.45, 2.75) is 69.2 Å². The minimum atomic E-state index is -0.271. The lowest BCUT2D eigenvalue weighted by Gasteiger charge is -2.26. The lowest BCUT2D eigenvalue weighted by Crippen LogP contribution is -2.19. The Hall–Kier alpha value is -1.40. The fraction of sp³-hybridized carbons (Fsp3) is 0.611. The zero-order valence-corrected chi connectivity index (χ0v) is 12.1. The van der Waals surface area contributed by atoms with E-state index >= 15 is 0 Å². The van der Waals surface area contributed by atoms with Gasteiger partial charge in [-0.3, -0.25) is 0 Å². The molecule has 0 saturated heterocycles. The maximum Gasteiger partial charge on any atom is 0.235 e. The van der Waals surface area contributed by atoms with Crippen LogP contribution in [0.1, 0.15) is 74.8 Å². The zero-order chi connectivity index (χ0) is 13.8. The second kappa shape index (κ2) is 5.93. The van der Waals surface area contributed by atoms with E-state index in [2.05, 4.69) is 29.3 Å². The van der Waals surface area contributed by atoms with Crippen LogP contribution in [0.3, 0.4) is 0 Å². The van der Waals surface area contributed by atoms with E-state index in [0.29, 0.717) is 5.92 Å². The van der Waals surface area contributed by atoms with Gasteiger partial charge in [-0.15, -0.1) is 0 Å². The first kappa shape index (κ1) is 13.6. The first-order valence-electron chi connectivity index (χ1n) is 8.03. The van der Waals surface area contributed by atoms with E-state index in [1.807, 2.05) is 6.08 Å². The highest BCUT2D eigenvalue weighted by Crippen LogP contribution is 2.43. The van der Waals surface area contributed by atoms with Crippen LogP contribution in [0.5, 0.6) is 0 Å². The third-order valence-corrected chi connectivity index (χ3v) is 5.19. The Labute approximate surface area is 121 Å². The van der Waals surface area contributed by atoms with Crippen LogP contribution in [0.4, 0.5) is 0 Å². The first-order chi connectivity index (χ1) is 9.84. The molecule has 3 rings (SSSR count). The van der Waals surface area contributed by atoms with Crippen molar-refractivity contribution in [1.29, 1.82) is 0 Å². The highest BCUT2D eigenvalue weighted by Gasteiger charge is 2.35. The maximum atomic E-state index is 10.8. The molecular formula is C18H23NO. The smallest absolute Gasteiger partial charge is 0.211 e. The van der Waals surface area contributed by atoms with Crippen molar-refractivity contribution < 1.29 is 4.79 Å². The summed E-state index contributed by atoms with van der Waals surface area (Å²) >= 11 is 0. The van der Waals surface area contributed by atoms with Gasteiger partial charge in [0.1, 0.15) is 0 Å². The van der Waals surface area contributed by atoms with Crippen LogP contribution >= 0.6 is 0 Å². The van der Waals surface area contributed by atoms with Crippen molar-refractivity contribution >= 4 is 6.08 Å². The van der Waals surface area contributed by atoms with Gasteiger partial charge < -0.3 is 0 Å². The van der Waals surface area contributed by atoms with Crippen LogP contribution in [0.25, 0.3) is 0 Å². The third kappa shape index (κ3) is 2.58. The predicted molar refractivity (Wildman–Crippen MR) is 80.5 cm³/mol. The number of benzene rings is 1. The molecule has 1 aromatic rings. The molecule has 2 nitrogen and oxygen atoms in total. The SMILES string of the molecule is O=C=NC1(c2cccc(C3CCCCC3)c2)CCCC1. The molecular weight excluding hydrogens is 246 g/mol. The number of hydrogen-bond acceptors (Lipinski definition) is 2. The summed E-state index contributed by atoms with van der Waals surface area (Å²) in [5, 5.41) is 0. The van der Waals surface area contributed by atoms with Crippen LogP contribution in [0.2, 0.25) is 0 Å². The summed E-state index contributed by atoms with van der Waals surface area (Å²) in [5.74, 6) is 0.711. The monoisotopic (exact) mass is 269 g/mol. The van der Waals surface area contributed by atoms with E-state index in [1.54, 1.807) is 0 Å². The molecule has 0 atom stereocenters. The van der Waals surface area contributed by atoms with Crippen molar-refractivity contribution in [2.24, 2.45) is 4.99 Å². The first-order valence-corrected chi connectivity index (χ1v) is 8.03. The van der Waals surface area contributed by atoms with E-state index < -0.39 is 0 Å². The van der Waals surface area contributed by atoms with Crippen LogP contribution < -0.4 is 0 Å². The minimum Gasteiger partial charge on any atom is -0.211 e. The lowest BCUT2D eigenvalue weighted by atomic mass is 9.81. The van der Waals surface area contributed by atoms with E-state index in [-0.39, 0.29) is 5.54 Å². The average Bonchev–Trinajstić information content (AvgIpc) is 2.99. The Kier molecular flexibility index (Phi) is 4.03. The normalized spacial score (nSPS) is 22.4. The fourth-order valence-electron chi connectivity index (χ4n) is 4.03. The number of carbonyl (C=O) groups excluding carboxylic acids is 1. The van der Waals surface area contributed by atoms with Crippen molar-refractivity contribution in [2.75, 3.05) is 0 Å². The molecule has 0 amide bonds. The molecule has 0 spiro atoms. The molecule has 20 heavy (non-hydrogen) atoms. The molecule has 106 valence electrons. The molecule has 2 aliphatic rings. The second-order valence-electron chi connectivity index (χ2n) is 6.40. The molecule has 0 radical (unpaired) electrons. The van der Waals surface area contributed by atoms with Crippen LogP contribution in [0.15, 0.2) is 29.3 Å². The van der Waals surface area contributed by atoms with Gasteiger partial charge in [0.05, 0.1) is 5.54 Å². The predicted octanol–water partition coefficient (Wildman–Crippen LogP) is 4.84. The third-order valence-electron chi connectivity index (χ3n) is 5.19. The van der Waals surface area contributed by atoms with Gasteiger partial charge >= 0.3 is 0 Å². The summed E-state index contributed by atoms with van der Waals surface area (Å²) in [7, 11) is 0. The van der Waals surface area contributed by atoms with Crippen LogP contribution in [-0.2, 0) is 10.3 Å². The number of aliphatic imine (C=N–C) groups is 1. The highest BCUT2D eigenvalue weighted by molar-refractivity contribution is 5.40. The highest BCUT2D eigenvalue weighted by atomic mass is 16.1. The molecule has 0 unspecified atom stereocenters. The van der Waals surface area contributed by atoms with Gasteiger partial charge in [0, 0.05) is 0 Å². The van der Waals surface area contributed by atoms with Crippen molar-refractivity contribution in [1.82, 2.24) is 0 Å². The second-order valence-corrected chi connectivity index (χ2v) is 6.40. The van der Waals surface area contributed by atoms with Gasteiger partial charge in [-0.1, -0.05) is 56.4 Å². The van der Waals surface area contributed by atoms with E-state index in [9.17, 15) is 4.79 Å².